The maximum absolute atomic E-state index is 13.5. The lowest BCUT2D eigenvalue weighted by atomic mass is 10.1. The second-order valence-corrected chi connectivity index (χ2v) is 9.11. The number of hydrogen-bond donors (Lipinski definition) is 0. The Morgan fingerprint density at radius 2 is 1.94 bits per heavy atom. The van der Waals surface area contributed by atoms with Crippen molar-refractivity contribution in [3.8, 4) is 0 Å². The molecule has 1 aliphatic carbocycles. The average Bonchev–Trinajstić information content (AvgIpc) is 3.69. The normalized spacial score (nSPS) is 13.5. The molecule has 1 aliphatic rings. The number of hydrogen-bond acceptors (Lipinski definition) is 5. The van der Waals surface area contributed by atoms with Gasteiger partial charge in [0.25, 0.3) is 5.56 Å². The van der Waals surface area contributed by atoms with Crippen molar-refractivity contribution < 1.29 is 13.6 Å². The van der Waals surface area contributed by atoms with E-state index in [1.807, 2.05) is 36.5 Å². The number of nitrogens with zero attached hydrogens (tertiary/aromatic N) is 4. The minimum absolute atomic E-state index is 0.0161. The van der Waals surface area contributed by atoms with Crippen LogP contribution in [0, 0.1) is 17.6 Å². The Morgan fingerprint density at radius 1 is 1.08 bits per heavy atom. The van der Waals surface area contributed by atoms with E-state index in [4.69, 9.17) is 0 Å². The summed E-state index contributed by atoms with van der Waals surface area (Å²) in [7, 11) is 0. The summed E-state index contributed by atoms with van der Waals surface area (Å²) in [6.07, 6.45) is 12.3. The smallest absolute Gasteiger partial charge is 0.264 e. The molecule has 0 amide bonds. The van der Waals surface area contributed by atoms with Crippen molar-refractivity contribution in [2.24, 2.45) is 5.92 Å². The van der Waals surface area contributed by atoms with E-state index in [2.05, 4.69) is 15.0 Å². The van der Waals surface area contributed by atoms with Crippen molar-refractivity contribution in [1.82, 2.24) is 19.5 Å². The van der Waals surface area contributed by atoms with Crippen LogP contribution in [0.1, 0.15) is 53.0 Å². The van der Waals surface area contributed by atoms with Gasteiger partial charge in [0.15, 0.2) is 17.4 Å². The molecule has 2 aromatic carbocycles. The van der Waals surface area contributed by atoms with E-state index in [1.165, 1.54) is 36.0 Å². The molecule has 36 heavy (non-hydrogen) atoms. The highest BCUT2D eigenvalue weighted by molar-refractivity contribution is 5.95. The molecule has 0 N–H and O–H groups in total. The van der Waals surface area contributed by atoms with Gasteiger partial charge in [-0.25, -0.2) is 23.7 Å². The van der Waals surface area contributed by atoms with Gasteiger partial charge in [-0.2, -0.15) is 0 Å². The third-order valence-corrected chi connectivity index (χ3v) is 6.21. The molecule has 6 nitrogen and oxygen atoms in total. The number of benzene rings is 2. The fourth-order valence-electron chi connectivity index (χ4n) is 4.03. The van der Waals surface area contributed by atoms with E-state index >= 15 is 0 Å². The van der Waals surface area contributed by atoms with Crippen LogP contribution in [-0.2, 0) is 13.0 Å². The van der Waals surface area contributed by atoms with Crippen LogP contribution in [0.2, 0.25) is 0 Å². The van der Waals surface area contributed by atoms with Crippen LogP contribution >= 0.6 is 0 Å². The Bertz CT molecular complexity index is 1530. The summed E-state index contributed by atoms with van der Waals surface area (Å²) >= 11 is 0. The molecule has 0 radical (unpaired) electrons. The molecule has 0 saturated heterocycles. The Kier molecular flexibility index (Phi) is 6.75. The van der Waals surface area contributed by atoms with Crippen LogP contribution in [0.5, 0.6) is 0 Å². The fraction of sp³-hybridized carbons (Fsp3) is 0.250. The first-order chi connectivity index (χ1) is 17.5. The topological polar surface area (TPSA) is 77.7 Å². The number of carbonyl (C=O) groups excluding carboxylic acids is 1. The van der Waals surface area contributed by atoms with Gasteiger partial charge in [0.2, 0.25) is 0 Å². The molecule has 0 bridgehead atoms. The van der Waals surface area contributed by atoms with E-state index in [9.17, 15) is 18.4 Å². The van der Waals surface area contributed by atoms with Gasteiger partial charge in [-0.3, -0.25) is 14.2 Å². The maximum Gasteiger partial charge on any atom is 0.264 e. The molecule has 0 aliphatic heterocycles. The highest BCUT2D eigenvalue weighted by Gasteiger charge is 2.22. The van der Waals surface area contributed by atoms with Gasteiger partial charge < -0.3 is 0 Å². The molecule has 182 valence electrons. The second-order valence-electron chi connectivity index (χ2n) is 9.11. The molecule has 0 unspecified atom stereocenters. The van der Waals surface area contributed by atoms with Gasteiger partial charge in [-0.15, -0.1) is 0 Å². The number of carbonyl (C=O) groups is 1. The predicted molar refractivity (Wildman–Crippen MR) is 133 cm³/mol. The standard InChI is InChI=1S/C28H24F2N4O2/c29-23-9-7-20(12-24(23)30)16-34-17-31-15-22(28(34)36)26(35)4-2-1-3-18-8-10-25-21(11-18)14-32-27(33-25)13-19-5-6-19/h1,3,7-12,14-15,17,19H,2,4-6,13,16H2/b3-1+. The maximum atomic E-state index is 13.5. The minimum Gasteiger partial charge on any atom is -0.294 e. The highest BCUT2D eigenvalue weighted by atomic mass is 19.2. The summed E-state index contributed by atoms with van der Waals surface area (Å²) in [5.41, 5.74) is 1.75. The van der Waals surface area contributed by atoms with Crippen molar-refractivity contribution in [2.45, 2.75) is 38.6 Å². The van der Waals surface area contributed by atoms with E-state index in [1.54, 1.807) is 0 Å². The largest absolute Gasteiger partial charge is 0.294 e. The van der Waals surface area contributed by atoms with Crippen molar-refractivity contribution in [3.05, 3.63) is 106 Å². The van der Waals surface area contributed by atoms with E-state index in [0.717, 1.165) is 46.8 Å². The van der Waals surface area contributed by atoms with Gasteiger partial charge in [-0.1, -0.05) is 24.3 Å². The zero-order chi connectivity index (χ0) is 25.1. The summed E-state index contributed by atoms with van der Waals surface area (Å²) in [5, 5.41) is 0.963. The van der Waals surface area contributed by atoms with Crippen molar-refractivity contribution in [2.75, 3.05) is 0 Å². The summed E-state index contributed by atoms with van der Waals surface area (Å²) in [4.78, 5) is 38.5. The first kappa shape index (κ1) is 23.7. The summed E-state index contributed by atoms with van der Waals surface area (Å²) in [5.74, 6) is -0.652. The molecular weight excluding hydrogens is 462 g/mol. The Balaban J connectivity index is 1.20. The lowest BCUT2D eigenvalue weighted by Gasteiger charge is -2.07. The SMILES string of the molecule is O=C(CC/C=C/c1ccc2nc(CC3CC3)ncc2c1)c1cncn(Cc2ccc(F)c(F)c2)c1=O. The first-order valence-corrected chi connectivity index (χ1v) is 11.9. The van der Waals surface area contributed by atoms with Gasteiger partial charge in [0.1, 0.15) is 11.4 Å². The van der Waals surface area contributed by atoms with Crippen LogP contribution in [-0.4, -0.2) is 25.3 Å². The van der Waals surface area contributed by atoms with Crippen LogP contribution in [0.3, 0.4) is 0 Å². The van der Waals surface area contributed by atoms with Crippen molar-refractivity contribution in [1.29, 1.82) is 0 Å². The average molecular weight is 487 g/mol. The Morgan fingerprint density at radius 3 is 2.75 bits per heavy atom. The monoisotopic (exact) mass is 486 g/mol. The van der Waals surface area contributed by atoms with Crippen molar-refractivity contribution >= 4 is 22.8 Å². The molecule has 2 aromatic heterocycles. The van der Waals surface area contributed by atoms with Crippen LogP contribution in [0.15, 0.2) is 66.0 Å². The molecular formula is C28H24F2N4O2. The Labute approximate surface area is 206 Å². The first-order valence-electron chi connectivity index (χ1n) is 11.9. The molecule has 0 atom stereocenters. The predicted octanol–water partition coefficient (Wildman–Crippen LogP) is 5.14. The lowest BCUT2D eigenvalue weighted by Crippen LogP contribution is -2.27. The fourth-order valence-corrected chi connectivity index (χ4v) is 4.03. The van der Waals surface area contributed by atoms with Gasteiger partial charge in [0.05, 0.1) is 18.4 Å². The lowest BCUT2D eigenvalue weighted by molar-refractivity contribution is 0.0981. The van der Waals surface area contributed by atoms with Gasteiger partial charge >= 0.3 is 0 Å². The number of ketones is 1. The summed E-state index contributed by atoms with van der Waals surface area (Å²) in [6, 6.07) is 9.37. The highest BCUT2D eigenvalue weighted by Crippen LogP contribution is 2.31. The molecule has 0 spiro atoms. The molecule has 2 heterocycles. The summed E-state index contributed by atoms with van der Waals surface area (Å²) < 4.78 is 27.8. The van der Waals surface area contributed by atoms with E-state index in [0.29, 0.717) is 12.0 Å². The third-order valence-electron chi connectivity index (χ3n) is 6.21. The van der Waals surface area contributed by atoms with Gasteiger partial charge in [-0.05, 0) is 60.6 Å². The Hall–Kier alpha value is -4.07. The number of rotatable bonds is 9. The zero-order valence-electron chi connectivity index (χ0n) is 19.5. The molecule has 5 rings (SSSR count). The molecule has 4 aromatic rings. The second kappa shape index (κ2) is 10.3. The number of allylic oxidation sites excluding steroid dienone is 1. The number of halogens is 2. The third kappa shape index (κ3) is 5.59. The van der Waals surface area contributed by atoms with Crippen LogP contribution in [0.25, 0.3) is 17.0 Å². The molecule has 1 saturated carbocycles. The zero-order valence-corrected chi connectivity index (χ0v) is 19.5. The number of aromatic nitrogens is 4. The van der Waals surface area contributed by atoms with Crippen molar-refractivity contribution in [3.63, 3.8) is 0 Å². The van der Waals surface area contributed by atoms with Gasteiger partial charge in [0, 0.05) is 30.6 Å². The van der Waals surface area contributed by atoms with E-state index < -0.39 is 17.2 Å². The summed E-state index contributed by atoms with van der Waals surface area (Å²) in [6.45, 7) is -0.0161. The molecule has 8 heteroatoms. The number of fused-ring (bicyclic) bond motifs is 1. The quantitative estimate of drug-likeness (QED) is 0.306. The van der Waals surface area contributed by atoms with Crippen LogP contribution in [0.4, 0.5) is 8.78 Å². The minimum atomic E-state index is -0.996. The van der Waals surface area contributed by atoms with E-state index in [-0.39, 0.29) is 24.3 Å². The van der Waals surface area contributed by atoms with Crippen LogP contribution < -0.4 is 5.56 Å². The molecule has 1 fully saturated rings. The number of Topliss-reactive ketones (excluding diaryl/α,β-unsaturated/α-hetero) is 1.